The summed E-state index contributed by atoms with van der Waals surface area (Å²) in [5.41, 5.74) is 13.8. The van der Waals surface area contributed by atoms with E-state index in [0.717, 1.165) is 56.9 Å². The van der Waals surface area contributed by atoms with Crippen LogP contribution >= 0.6 is 0 Å². The second kappa shape index (κ2) is 8.79. The van der Waals surface area contributed by atoms with Crippen molar-refractivity contribution in [1.82, 2.24) is 9.97 Å². The van der Waals surface area contributed by atoms with Gasteiger partial charge in [-0.1, -0.05) is 37.3 Å². The van der Waals surface area contributed by atoms with Gasteiger partial charge in [0.15, 0.2) is 5.82 Å². The lowest BCUT2D eigenvalue weighted by Crippen LogP contribution is -2.00. The van der Waals surface area contributed by atoms with E-state index in [-0.39, 0.29) is 0 Å². The highest BCUT2D eigenvalue weighted by Gasteiger charge is 2.10. The molecule has 0 bridgehead atoms. The number of carbonyl (C=O) groups is 1. The number of aryl methyl sites for hydroxylation is 4. The Balaban J connectivity index is 1.60. The fourth-order valence-electron chi connectivity index (χ4n) is 4.08. The number of aliphatic carboxylic acids is 1. The minimum absolute atomic E-state index is 0.413. The Hall–Kier alpha value is -3.73. The highest BCUT2D eigenvalue weighted by molar-refractivity contribution is 6.08. The molecule has 0 atom stereocenters. The molecular weight excluding hydrogens is 398 g/mol. The van der Waals surface area contributed by atoms with E-state index in [9.17, 15) is 9.90 Å². The van der Waals surface area contributed by atoms with E-state index in [2.05, 4.69) is 47.2 Å². The van der Waals surface area contributed by atoms with Gasteiger partial charge in [0.05, 0.1) is 5.52 Å². The molecule has 5 nitrogen and oxygen atoms in total. The largest absolute Gasteiger partial charge is 0.478 e. The molecule has 2 heterocycles. The molecule has 0 spiro atoms. The number of hydrogen-bond donors (Lipinski definition) is 2. The van der Waals surface area contributed by atoms with Gasteiger partial charge in [-0.15, -0.1) is 0 Å². The van der Waals surface area contributed by atoms with Crippen molar-refractivity contribution in [3.8, 4) is 0 Å². The van der Waals surface area contributed by atoms with Crippen LogP contribution in [0.1, 0.15) is 41.2 Å². The van der Waals surface area contributed by atoms with Crippen molar-refractivity contribution in [1.29, 1.82) is 0 Å². The van der Waals surface area contributed by atoms with Gasteiger partial charge in [0.1, 0.15) is 5.52 Å². The lowest BCUT2D eigenvalue weighted by molar-refractivity contribution is -0.132. The monoisotopic (exact) mass is 425 g/mol. The molecule has 0 aliphatic carbocycles. The highest BCUT2D eigenvalue weighted by atomic mass is 16.4. The maximum Gasteiger partial charge on any atom is 0.331 e. The normalized spacial score (nSPS) is 11.9. The van der Waals surface area contributed by atoms with Crippen molar-refractivity contribution < 1.29 is 9.90 Å². The molecule has 5 heteroatoms. The first-order valence-electron chi connectivity index (χ1n) is 10.8. The minimum atomic E-state index is -0.864. The zero-order valence-electron chi connectivity index (χ0n) is 18.6. The average Bonchev–Trinajstić information content (AvgIpc) is 2.76. The number of carboxylic acids is 1. The summed E-state index contributed by atoms with van der Waals surface area (Å²) in [4.78, 5) is 20.4. The van der Waals surface area contributed by atoms with E-state index in [1.807, 2.05) is 32.2 Å². The summed E-state index contributed by atoms with van der Waals surface area (Å²) in [6.07, 6.45) is 5.86. The predicted molar refractivity (Wildman–Crippen MR) is 131 cm³/mol. The number of fused-ring (bicyclic) bond motifs is 3. The van der Waals surface area contributed by atoms with Gasteiger partial charge in [0.2, 0.25) is 0 Å². The number of aromatic nitrogens is 2. The van der Waals surface area contributed by atoms with E-state index in [1.165, 1.54) is 5.56 Å². The van der Waals surface area contributed by atoms with Crippen LogP contribution in [0.3, 0.4) is 0 Å². The molecule has 162 valence electrons. The van der Waals surface area contributed by atoms with Gasteiger partial charge in [0.25, 0.3) is 0 Å². The Labute approximate surface area is 187 Å². The fraction of sp³-hybridized carbons (Fsp3) is 0.222. The summed E-state index contributed by atoms with van der Waals surface area (Å²) >= 11 is 0. The zero-order valence-corrected chi connectivity index (χ0v) is 18.6. The van der Waals surface area contributed by atoms with Crippen LogP contribution in [0.2, 0.25) is 0 Å². The predicted octanol–water partition coefficient (Wildman–Crippen LogP) is 5.65. The van der Waals surface area contributed by atoms with Crippen LogP contribution in [-0.4, -0.2) is 21.0 Å². The lowest BCUT2D eigenvalue weighted by atomic mass is 9.97. The lowest BCUT2D eigenvalue weighted by Gasteiger charge is -2.10. The van der Waals surface area contributed by atoms with Crippen molar-refractivity contribution in [2.24, 2.45) is 0 Å². The molecule has 3 N–H and O–H groups in total. The molecule has 0 fully saturated rings. The topological polar surface area (TPSA) is 89.1 Å². The third-order valence-electron chi connectivity index (χ3n) is 5.92. The van der Waals surface area contributed by atoms with E-state index < -0.39 is 5.97 Å². The Morgan fingerprint density at radius 1 is 1.06 bits per heavy atom. The van der Waals surface area contributed by atoms with Gasteiger partial charge in [-0.3, -0.25) is 4.98 Å². The van der Waals surface area contributed by atoms with Gasteiger partial charge in [0, 0.05) is 22.5 Å². The van der Waals surface area contributed by atoms with Crippen molar-refractivity contribution >= 4 is 39.7 Å². The molecule has 4 rings (SSSR count). The van der Waals surface area contributed by atoms with Crippen LogP contribution in [0, 0.1) is 13.8 Å². The summed E-state index contributed by atoms with van der Waals surface area (Å²) < 4.78 is 0. The number of pyridine rings is 2. The van der Waals surface area contributed by atoms with Crippen molar-refractivity contribution in [2.45, 2.75) is 40.0 Å². The summed E-state index contributed by atoms with van der Waals surface area (Å²) in [6.45, 7) is 5.97. The molecule has 0 aliphatic rings. The first kappa shape index (κ1) is 21.5. The van der Waals surface area contributed by atoms with Crippen LogP contribution in [0.4, 0.5) is 5.82 Å². The molecular formula is C27H27N3O2. The number of rotatable bonds is 6. The molecule has 4 aromatic rings. The average molecular weight is 426 g/mol. The Bertz CT molecular complexity index is 1370. The van der Waals surface area contributed by atoms with Crippen molar-refractivity contribution in [3.63, 3.8) is 0 Å². The third-order valence-corrected chi connectivity index (χ3v) is 5.92. The van der Waals surface area contributed by atoms with Crippen molar-refractivity contribution in [2.75, 3.05) is 5.73 Å². The number of benzene rings is 2. The molecule has 0 amide bonds. The SMILES string of the molecule is CC/C(=C\c1ccc(CCc2cnc3c(N)nc4cc(C)ccc4c3c2)c(C)c1)C(=O)O. The molecule has 0 saturated carbocycles. The summed E-state index contributed by atoms with van der Waals surface area (Å²) in [5, 5.41) is 11.3. The fourth-order valence-corrected chi connectivity index (χ4v) is 4.08. The van der Waals surface area contributed by atoms with Gasteiger partial charge in [-0.05, 0) is 79.1 Å². The standard InChI is InChI=1S/C27H27N3O2/c1-4-20(27(31)32)13-18-6-8-21(17(3)12-18)9-7-19-14-23-22-10-5-16(2)11-24(22)30-26(28)25(23)29-15-19/h5-6,8,10-15H,4,7,9H2,1-3H3,(H2,28,30)(H,31,32)/b20-13+. The van der Waals surface area contributed by atoms with Gasteiger partial charge < -0.3 is 10.8 Å². The second-order valence-electron chi connectivity index (χ2n) is 8.27. The third kappa shape index (κ3) is 4.33. The molecule has 2 aromatic heterocycles. The Morgan fingerprint density at radius 2 is 1.88 bits per heavy atom. The number of nitrogens with zero attached hydrogens (tertiary/aromatic N) is 2. The van der Waals surface area contributed by atoms with E-state index >= 15 is 0 Å². The number of carboxylic acid groups (broad SMARTS) is 1. The zero-order chi connectivity index (χ0) is 22.8. The van der Waals surface area contributed by atoms with E-state index in [4.69, 9.17) is 5.73 Å². The molecule has 0 aliphatic heterocycles. The van der Waals surface area contributed by atoms with Crippen molar-refractivity contribution in [3.05, 3.63) is 82.1 Å². The smallest absolute Gasteiger partial charge is 0.331 e. The molecule has 0 radical (unpaired) electrons. The quantitative estimate of drug-likeness (QED) is 0.308. The molecule has 32 heavy (non-hydrogen) atoms. The van der Waals surface area contributed by atoms with Crippen LogP contribution in [-0.2, 0) is 17.6 Å². The van der Waals surface area contributed by atoms with Crippen LogP contribution in [0.5, 0.6) is 0 Å². The van der Waals surface area contributed by atoms with Crippen LogP contribution in [0.25, 0.3) is 27.9 Å². The van der Waals surface area contributed by atoms with Crippen LogP contribution < -0.4 is 5.73 Å². The van der Waals surface area contributed by atoms with E-state index in [1.54, 1.807) is 6.08 Å². The van der Waals surface area contributed by atoms with E-state index in [0.29, 0.717) is 17.8 Å². The first-order valence-corrected chi connectivity index (χ1v) is 10.8. The molecule has 0 unspecified atom stereocenters. The maximum atomic E-state index is 11.3. The Kier molecular flexibility index (Phi) is 5.91. The van der Waals surface area contributed by atoms with Gasteiger partial charge in [-0.25, -0.2) is 9.78 Å². The summed E-state index contributed by atoms with van der Waals surface area (Å²) in [6, 6.07) is 14.5. The summed E-state index contributed by atoms with van der Waals surface area (Å²) in [7, 11) is 0. The minimum Gasteiger partial charge on any atom is -0.478 e. The first-order chi connectivity index (χ1) is 15.4. The number of nitrogens with two attached hydrogens (primary N) is 1. The van der Waals surface area contributed by atoms with Crippen LogP contribution in [0.15, 0.2) is 54.2 Å². The highest BCUT2D eigenvalue weighted by Crippen LogP contribution is 2.28. The molecule has 2 aromatic carbocycles. The molecule has 0 saturated heterocycles. The number of hydrogen-bond acceptors (Lipinski definition) is 4. The van der Waals surface area contributed by atoms with Gasteiger partial charge >= 0.3 is 5.97 Å². The number of nitrogen functional groups attached to an aromatic ring is 1. The maximum absolute atomic E-state index is 11.3. The second-order valence-corrected chi connectivity index (χ2v) is 8.27. The van der Waals surface area contributed by atoms with Gasteiger partial charge in [-0.2, -0.15) is 0 Å². The Morgan fingerprint density at radius 3 is 2.59 bits per heavy atom. The summed E-state index contributed by atoms with van der Waals surface area (Å²) in [5.74, 6) is -0.409. The number of anilines is 1.